The van der Waals surface area contributed by atoms with Crippen molar-refractivity contribution in [3.05, 3.63) is 25.3 Å². The fourth-order valence-corrected chi connectivity index (χ4v) is 7.40. The molecule has 2 bridgehead atoms. The van der Waals surface area contributed by atoms with E-state index in [0.29, 0.717) is 25.8 Å². The second kappa shape index (κ2) is 12.2. The molecule has 1 N–H and O–H groups in total. The van der Waals surface area contributed by atoms with Crippen LogP contribution in [0.4, 0.5) is 0 Å². The molecule has 8 nitrogen and oxygen atoms in total. The number of ether oxygens (including phenoxy) is 2. The van der Waals surface area contributed by atoms with Gasteiger partial charge in [-0.2, -0.15) is 0 Å². The number of aliphatic hydroxyl groups excluding tert-OH is 1. The van der Waals surface area contributed by atoms with Crippen LogP contribution >= 0.6 is 15.9 Å². The third-order valence-electron chi connectivity index (χ3n) is 8.02. The fraction of sp³-hybridized carbons (Fsp3) is 0.759. The maximum atomic E-state index is 14.4. The van der Waals surface area contributed by atoms with E-state index in [0.717, 1.165) is 12.8 Å². The van der Waals surface area contributed by atoms with Crippen LogP contribution in [0.25, 0.3) is 0 Å². The number of carbonyl (C=O) groups excluding carboxylic acids is 3. The van der Waals surface area contributed by atoms with Gasteiger partial charge in [0.1, 0.15) is 11.6 Å². The molecule has 0 aromatic rings. The Morgan fingerprint density at radius 1 is 1.29 bits per heavy atom. The van der Waals surface area contributed by atoms with Gasteiger partial charge >= 0.3 is 5.97 Å². The quantitative estimate of drug-likeness (QED) is 0.150. The van der Waals surface area contributed by atoms with Crippen molar-refractivity contribution in [3.8, 4) is 0 Å². The molecule has 1 spiro atoms. The summed E-state index contributed by atoms with van der Waals surface area (Å²) in [4.78, 5) is 45.1. The van der Waals surface area contributed by atoms with Gasteiger partial charge in [0.15, 0.2) is 0 Å². The second-order valence-electron chi connectivity index (χ2n) is 12.2. The summed E-state index contributed by atoms with van der Waals surface area (Å²) in [5, 5.41) is 10.4. The predicted octanol–water partition coefficient (Wildman–Crippen LogP) is 3.85. The predicted molar refractivity (Wildman–Crippen MR) is 150 cm³/mol. The summed E-state index contributed by atoms with van der Waals surface area (Å²) >= 11 is 3.69. The Hall–Kier alpha value is -1.71. The first-order valence-corrected chi connectivity index (χ1v) is 14.7. The first-order chi connectivity index (χ1) is 17.8. The number of hydrogen-bond acceptors (Lipinski definition) is 6. The fourth-order valence-electron chi connectivity index (χ4n) is 6.46. The average molecular weight is 598 g/mol. The zero-order chi connectivity index (χ0) is 28.4. The molecule has 3 fully saturated rings. The Balaban J connectivity index is 2.04. The second-order valence-corrected chi connectivity index (χ2v) is 13.4. The maximum Gasteiger partial charge on any atom is 0.312 e. The smallest absolute Gasteiger partial charge is 0.312 e. The molecule has 0 radical (unpaired) electrons. The number of aliphatic hydroxyl groups is 1. The van der Waals surface area contributed by atoms with E-state index >= 15 is 0 Å². The summed E-state index contributed by atoms with van der Waals surface area (Å²) < 4.78 is 12.2. The summed E-state index contributed by atoms with van der Waals surface area (Å²) in [6, 6.07) is -1.54. The molecular formula is C29H45BrN2O6. The zero-order valence-electron chi connectivity index (χ0n) is 23.5. The number of hydrogen-bond donors (Lipinski definition) is 1. The van der Waals surface area contributed by atoms with Gasteiger partial charge in [0.2, 0.25) is 11.8 Å². The third-order valence-corrected chi connectivity index (χ3v) is 8.86. The molecule has 3 saturated heterocycles. The average Bonchev–Trinajstić information content (AvgIpc) is 3.43. The number of fused-ring (bicyclic) bond motifs is 1. The Kier molecular flexibility index (Phi) is 9.91. The van der Waals surface area contributed by atoms with E-state index in [9.17, 15) is 19.5 Å². The summed E-state index contributed by atoms with van der Waals surface area (Å²) in [6.07, 6.45) is 6.27. The van der Waals surface area contributed by atoms with Crippen LogP contribution in [0.5, 0.6) is 0 Å². The summed E-state index contributed by atoms with van der Waals surface area (Å²) in [6.45, 7) is 17.7. The van der Waals surface area contributed by atoms with Gasteiger partial charge in [-0.15, -0.1) is 13.2 Å². The van der Waals surface area contributed by atoms with E-state index in [2.05, 4.69) is 29.1 Å². The van der Waals surface area contributed by atoms with Gasteiger partial charge in [0, 0.05) is 16.9 Å². The first kappa shape index (κ1) is 30.8. The van der Waals surface area contributed by atoms with Crippen LogP contribution in [0.2, 0.25) is 0 Å². The lowest BCUT2D eigenvalue weighted by molar-refractivity contribution is -0.157. The first-order valence-electron chi connectivity index (χ1n) is 13.8. The van der Waals surface area contributed by atoms with Crippen molar-refractivity contribution in [2.45, 2.75) is 101 Å². The number of nitrogens with zero attached hydrogens (tertiary/aromatic N) is 2. The molecule has 9 heteroatoms. The monoisotopic (exact) mass is 596 g/mol. The number of alkyl halides is 1. The van der Waals surface area contributed by atoms with E-state index in [4.69, 9.17) is 9.47 Å². The molecular weight excluding hydrogens is 552 g/mol. The Bertz CT molecular complexity index is 917. The van der Waals surface area contributed by atoms with Gasteiger partial charge in [-0.3, -0.25) is 14.4 Å². The molecule has 38 heavy (non-hydrogen) atoms. The van der Waals surface area contributed by atoms with E-state index in [1.54, 1.807) is 15.9 Å². The van der Waals surface area contributed by atoms with Crippen LogP contribution in [-0.2, 0) is 23.9 Å². The highest BCUT2D eigenvalue weighted by molar-refractivity contribution is 9.09. The Labute approximate surface area is 235 Å². The number of rotatable bonds is 13. The van der Waals surface area contributed by atoms with Crippen molar-refractivity contribution in [2.24, 2.45) is 17.8 Å². The third kappa shape index (κ3) is 5.61. The number of likely N-dealkylation sites (tertiary alicyclic amines) is 1. The van der Waals surface area contributed by atoms with E-state index in [1.165, 1.54) is 0 Å². The minimum atomic E-state index is -1.19. The molecule has 2 amide bonds. The van der Waals surface area contributed by atoms with Crippen molar-refractivity contribution in [1.29, 1.82) is 0 Å². The molecule has 214 valence electrons. The highest BCUT2D eigenvalue weighted by Crippen LogP contribution is 2.61. The highest BCUT2D eigenvalue weighted by Gasteiger charge is 2.77. The van der Waals surface area contributed by atoms with E-state index in [1.807, 2.05) is 40.7 Å². The lowest BCUT2D eigenvalue weighted by atomic mass is 9.70. The lowest BCUT2D eigenvalue weighted by Gasteiger charge is -2.43. The number of carbonyl (C=O) groups is 3. The molecule has 0 saturated carbocycles. The molecule has 3 rings (SSSR count). The van der Waals surface area contributed by atoms with Gasteiger partial charge in [-0.1, -0.05) is 41.9 Å². The van der Waals surface area contributed by atoms with Gasteiger partial charge in [0.05, 0.1) is 37.2 Å². The van der Waals surface area contributed by atoms with Crippen LogP contribution in [0, 0.1) is 17.8 Å². The maximum absolute atomic E-state index is 14.4. The van der Waals surface area contributed by atoms with Crippen molar-refractivity contribution >= 4 is 33.7 Å². The normalized spacial score (nSPS) is 30.9. The summed E-state index contributed by atoms with van der Waals surface area (Å²) in [5.41, 5.74) is -1.73. The van der Waals surface area contributed by atoms with Gasteiger partial charge < -0.3 is 24.4 Å². The van der Waals surface area contributed by atoms with Crippen LogP contribution < -0.4 is 0 Å². The molecule has 3 heterocycles. The highest BCUT2D eigenvalue weighted by atomic mass is 79.9. The summed E-state index contributed by atoms with van der Waals surface area (Å²) in [5.74, 6) is -2.52. The number of amides is 2. The van der Waals surface area contributed by atoms with E-state index < -0.39 is 47.1 Å². The van der Waals surface area contributed by atoms with Crippen LogP contribution in [0.3, 0.4) is 0 Å². The number of halogens is 1. The van der Waals surface area contributed by atoms with Crippen molar-refractivity contribution in [3.63, 3.8) is 0 Å². The summed E-state index contributed by atoms with van der Waals surface area (Å²) in [7, 11) is 0. The molecule has 7 atom stereocenters. The van der Waals surface area contributed by atoms with Crippen LogP contribution in [0.15, 0.2) is 25.3 Å². The number of allylic oxidation sites excluding steroid dienone is 1. The van der Waals surface area contributed by atoms with Gasteiger partial charge in [-0.25, -0.2) is 0 Å². The van der Waals surface area contributed by atoms with Crippen LogP contribution in [-0.4, -0.2) is 86.6 Å². The van der Waals surface area contributed by atoms with E-state index in [-0.39, 0.29) is 35.8 Å². The lowest BCUT2D eigenvalue weighted by Crippen LogP contribution is -2.62. The SMILES string of the molecule is C=CCCCCOC(=O)[C@H]1[C@H]2C(=O)N([C@@H](CO)CC(C)C)C(C(=O)N(CC=C)C(C)(C)C)C23CC(Br)[C@@H]1O3. The molecule has 3 unspecified atom stereocenters. The van der Waals surface area contributed by atoms with Crippen molar-refractivity contribution in [1.82, 2.24) is 9.80 Å². The Morgan fingerprint density at radius 3 is 2.53 bits per heavy atom. The van der Waals surface area contributed by atoms with Gasteiger partial charge in [-0.05, 0) is 58.8 Å². The minimum absolute atomic E-state index is 0.179. The van der Waals surface area contributed by atoms with Crippen molar-refractivity contribution in [2.75, 3.05) is 19.8 Å². The van der Waals surface area contributed by atoms with Gasteiger partial charge in [0.25, 0.3) is 0 Å². The molecule has 0 aromatic heterocycles. The Morgan fingerprint density at radius 2 is 1.97 bits per heavy atom. The molecule has 0 aliphatic carbocycles. The topological polar surface area (TPSA) is 96.4 Å². The van der Waals surface area contributed by atoms with Crippen molar-refractivity contribution < 1.29 is 29.0 Å². The molecule has 3 aliphatic heterocycles. The number of unbranched alkanes of at least 4 members (excludes halogenated alkanes) is 2. The number of esters is 1. The molecule has 0 aromatic carbocycles. The molecule has 3 aliphatic rings. The standard InChI is InChI=1S/C29H45BrN2O6/c1-8-10-11-12-14-37-27(36)21-22-25(34)32(19(17-33)15-18(3)4)24(29(22)16-20(30)23(21)38-29)26(35)31(13-9-2)28(5,6)7/h8-9,18-24,33H,1-2,10-17H2,3-7H3/t19-,20?,21+,22+,23+,24?,29?/m1/s1. The minimum Gasteiger partial charge on any atom is -0.465 e. The largest absolute Gasteiger partial charge is 0.465 e. The van der Waals surface area contributed by atoms with Crippen LogP contribution in [0.1, 0.15) is 66.7 Å². The zero-order valence-corrected chi connectivity index (χ0v) is 25.1.